The Balaban J connectivity index is 1.50. The number of nitrogens with one attached hydrogen (secondary N) is 1. The Morgan fingerprint density at radius 3 is 2.43 bits per heavy atom. The predicted molar refractivity (Wildman–Crippen MR) is 111 cm³/mol. The molecule has 28 heavy (non-hydrogen) atoms. The zero-order valence-electron chi connectivity index (χ0n) is 14.8. The third-order valence-electron chi connectivity index (χ3n) is 3.67. The van der Waals surface area contributed by atoms with E-state index in [0.717, 1.165) is 15.5 Å². The maximum atomic E-state index is 12.1. The van der Waals surface area contributed by atoms with Crippen molar-refractivity contribution in [2.24, 2.45) is 0 Å². The van der Waals surface area contributed by atoms with Crippen LogP contribution in [0.2, 0.25) is 5.02 Å². The van der Waals surface area contributed by atoms with E-state index in [-0.39, 0.29) is 18.3 Å². The fourth-order valence-corrected chi connectivity index (χ4v) is 4.12. The molecule has 0 fully saturated rings. The molecule has 144 valence electrons. The summed E-state index contributed by atoms with van der Waals surface area (Å²) < 4.78 is 5.43. The van der Waals surface area contributed by atoms with Crippen molar-refractivity contribution in [2.45, 2.75) is 16.5 Å². The van der Waals surface area contributed by atoms with Crippen LogP contribution in [0.25, 0.3) is 0 Å². The van der Waals surface area contributed by atoms with Crippen molar-refractivity contribution < 1.29 is 14.3 Å². The average Bonchev–Trinajstić information content (AvgIpc) is 3.15. The van der Waals surface area contributed by atoms with Gasteiger partial charge in [-0.05, 0) is 35.4 Å². The molecule has 1 N–H and O–H groups in total. The van der Waals surface area contributed by atoms with E-state index in [1.807, 2.05) is 24.3 Å². The molecule has 3 aromatic rings. The molecule has 3 rings (SSSR count). The molecule has 0 aliphatic rings. The fourth-order valence-electron chi connectivity index (χ4n) is 2.27. The van der Waals surface area contributed by atoms with Crippen molar-refractivity contribution >= 4 is 51.7 Å². The van der Waals surface area contributed by atoms with Gasteiger partial charge in [0.25, 0.3) is 0 Å². The number of anilines is 1. The number of methoxy groups -OCH3 is 1. The molecule has 0 atom stereocenters. The smallest absolute Gasteiger partial charge is 0.337 e. The monoisotopic (exact) mass is 433 g/mol. The number of nitrogens with zero attached hydrogens (tertiary/aromatic N) is 2. The molecule has 9 heteroatoms. The molecule has 0 saturated heterocycles. The lowest BCUT2D eigenvalue weighted by atomic mass is 10.1. The average molecular weight is 434 g/mol. The number of thioether (sulfide) groups is 1. The minimum atomic E-state index is -0.359. The quantitative estimate of drug-likeness (QED) is 0.337. The summed E-state index contributed by atoms with van der Waals surface area (Å²) in [6.45, 7) is 0. The second kappa shape index (κ2) is 9.68. The molecule has 6 nitrogen and oxygen atoms in total. The van der Waals surface area contributed by atoms with Gasteiger partial charge in [0, 0.05) is 10.8 Å². The van der Waals surface area contributed by atoms with Crippen LogP contribution in [0.15, 0.2) is 52.9 Å². The zero-order valence-corrected chi connectivity index (χ0v) is 17.2. The number of amides is 1. The maximum absolute atomic E-state index is 12.1. The number of halogens is 1. The molecule has 1 aromatic heterocycles. The molecular weight excluding hydrogens is 418 g/mol. The van der Waals surface area contributed by atoms with E-state index in [0.29, 0.717) is 21.5 Å². The van der Waals surface area contributed by atoms with Crippen LogP contribution in [0, 0.1) is 0 Å². The van der Waals surface area contributed by atoms with Crippen molar-refractivity contribution in [3.05, 3.63) is 70.2 Å². The molecule has 0 saturated carbocycles. The van der Waals surface area contributed by atoms with Crippen LogP contribution >= 0.6 is 34.7 Å². The highest BCUT2D eigenvalue weighted by atomic mass is 35.5. The zero-order chi connectivity index (χ0) is 19.9. The minimum absolute atomic E-state index is 0.159. The summed E-state index contributed by atoms with van der Waals surface area (Å²) in [5.41, 5.74) is 2.43. The first kappa shape index (κ1) is 20.3. The van der Waals surface area contributed by atoms with Gasteiger partial charge in [0.1, 0.15) is 0 Å². The maximum Gasteiger partial charge on any atom is 0.337 e. The Hall–Kier alpha value is -2.42. The second-order valence-electron chi connectivity index (χ2n) is 5.70. The van der Waals surface area contributed by atoms with Crippen LogP contribution in [0.5, 0.6) is 0 Å². The highest BCUT2D eigenvalue weighted by Gasteiger charge is 2.10. The molecule has 1 heterocycles. The van der Waals surface area contributed by atoms with Crippen LogP contribution in [-0.2, 0) is 21.7 Å². The van der Waals surface area contributed by atoms with Crippen molar-refractivity contribution in [1.29, 1.82) is 0 Å². The highest BCUT2D eigenvalue weighted by molar-refractivity contribution is 8.00. The lowest BCUT2D eigenvalue weighted by molar-refractivity contribution is -0.115. The number of ether oxygens (including phenoxy) is 1. The summed E-state index contributed by atoms with van der Waals surface area (Å²) in [6, 6.07) is 14.3. The van der Waals surface area contributed by atoms with Gasteiger partial charge in [-0.15, -0.1) is 10.2 Å². The second-order valence-corrected chi connectivity index (χ2v) is 8.34. The minimum Gasteiger partial charge on any atom is -0.465 e. The summed E-state index contributed by atoms with van der Waals surface area (Å²) in [4.78, 5) is 23.6. The SMILES string of the molecule is COC(=O)c1ccc(CSc2nnc(NC(=O)Cc3ccc(Cl)cc3)s2)cc1. The third kappa shape index (κ3) is 5.79. The lowest BCUT2D eigenvalue weighted by Crippen LogP contribution is -2.14. The van der Waals surface area contributed by atoms with E-state index >= 15 is 0 Å². The van der Waals surface area contributed by atoms with E-state index < -0.39 is 0 Å². The fraction of sp³-hybridized carbons (Fsp3) is 0.158. The topological polar surface area (TPSA) is 81.2 Å². The first-order chi connectivity index (χ1) is 13.5. The molecule has 0 spiro atoms. The molecule has 0 unspecified atom stereocenters. The molecule has 0 radical (unpaired) electrons. The van der Waals surface area contributed by atoms with E-state index in [1.54, 1.807) is 24.3 Å². The van der Waals surface area contributed by atoms with Gasteiger partial charge < -0.3 is 10.1 Å². The van der Waals surface area contributed by atoms with Crippen LogP contribution in [-0.4, -0.2) is 29.2 Å². The van der Waals surface area contributed by atoms with Gasteiger partial charge in [0.2, 0.25) is 11.0 Å². The number of carbonyl (C=O) groups excluding carboxylic acids is 2. The largest absolute Gasteiger partial charge is 0.465 e. The van der Waals surface area contributed by atoms with Gasteiger partial charge in [0.15, 0.2) is 4.34 Å². The number of hydrogen-bond donors (Lipinski definition) is 1. The van der Waals surface area contributed by atoms with Crippen molar-refractivity contribution in [2.75, 3.05) is 12.4 Å². The Morgan fingerprint density at radius 2 is 1.75 bits per heavy atom. The van der Waals surface area contributed by atoms with Crippen molar-refractivity contribution in [3.8, 4) is 0 Å². The summed E-state index contributed by atoms with van der Waals surface area (Å²) in [5, 5.41) is 11.9. The van der Waals surface area contributed by atoms with Gasteiger partial charge in [-0.1, -0.05) is 59.0 Å². The molecule has 0 bridgehead atoms. The van der Waals surface area contributed by atoms with Gasteiger partial charge in [-0.2, -0.15) is 0 Å². The highest BCUT2D eigenvalue weighted by Crippen LogP contribution is 2.28. The predicted octanol–water partition coefficient (Wildman–Crippen LogP) is 4.45. The molecular formula is C19H16ClN3O3S2. The summed E-state index contributed by atoms with van der Waals surface area (Å²) in [7, 11) is 1.35. The summed E-state index contributed by atoms with van der Waals surface area (Å²) in [5.74, 6) is 0.158. The lowest BCUT2D eigenvalue weighted by Gasteiger charge is -2.02. The van der Waals surface area contributed by atoms with Gasteiger partial charge in [-0.3, -0.25) is 4.79 Å². The first-order valence-electron chi connectivity index (χ1n) is 8.21. The molecule has 2 aromatic carbocycles. The Labute approximate surface area is 175 Å². The number of benzene rings is 2. The number of rotatable bonds is 7. The third-order valence-corrected chi connectivity index (χ3v) is 5.96. The van der Waals surface area contributed by atoms with Gasteiger partial charge in [0.05, 0.1) is 19.1 Å². The molecule has 0 aliphatic carbocycles. The van der Waals surface area contributed by atoms with Crippen LogP contribution in [0.4, 0.5) is 5.13 Å². The van der Waals surface area contributed by atoms with E-state index in [4.69, 9.17) is 11.6 Å². The normalized spacial score (nSPS) is 10.5. The number of hydrogen-bond acceptors (Lipinski definition) is 7. The molecule has 1 amide bonds. The van der Waals surface area contributed by atoms with E-state index in [2.05, 4.69) is 20.3 Å². The van der Waals surface area contributed by atoms with Crippen LogP contribution < -0.4 is 5.32 Å². The number of carbonyl (C=O) groups is 2. The molecule has 0 aliphatic heterocycles. The van der Waals surface area contributed by atoms with Crippen molar-refractivity contribution in [1.82, 2.24) is 10.2 Å². The Bertz CT molecular complexity index is 959. The van der Waals surface area contributed by atoms with Crippen LogP contribution in [0.1, 0.15) is 21.5 Å². The number of esters is 1. The first-order valence-corrected chi connectivity index (χ1v) is 10.4. The van der Waals surface area contributed by atoms with Crippen LogP contribution in [0.3, 0.4) is 0 Å². The summed E-state index contributed by atoms with van der Waals surface area (Å²) in [6.07, 6.45) is 0.242. The standard InChI is InChI=1S/C19H16ClN3O3S2/c1-26-17(25)14-6-2-13(3-7-14)11-27-19-23-22-18(28-19)21-16(24)10-12-4-8-15(20)9-5-12/h2-9H,10-11H2,1H3,(H,21,22,24). The summed E-state index contributed by atoms with van der Waals surface area (Å²) >= 11 is 8.67. The Morgan fingerprint density at radius 1 is 1.07 bits per heavy atom. The number of aromatic nitrogens is 2. The van der Waals surface area contributed by atoms with Gasteiger partial charge in [-0.25, -0.2) is 4.79 Å². The Kier molecular flexibility index (Phi) is 7.02. The van der Waals surface area contributed by atoms with E-state index in [1.165, 1.54) is 30.2 Å². The van der Waals surface area contributed by atoms with Crippen molar-refractivity contribution in [3.63, 3.8) is 0 Å². The van der Waals surface area contributed by atoms with E-state index in [9.17, 15) is 9.59 Å². The van der Waals surface area contributed by atoms with Gasteiger partial charge >= 0.3 is 5.97 Å².